The van der Waals surface area contributed by atoms with Crippen LogP contribution in [0.2, 0.25) is 0 Å². The molecule has 0 aliphatic carbocycles. The van der Waals surface area contributed by atoms with E-state index in [-0.39, 0.29) is 5.54 Å². The summed E-state index contributed by atoms with van der Waals surface area (Å²) in [5, 5.41) is 7.87. The average molecular weight is 223 g/mol. The molecule has 0 bridgehead atoms. The third-order valence-electron chi connectivity index (χ3n) is 2.49. The summed E-state index contributed by atoms with van der Waals surface area (Å²) in [6, 6.07) is 2.06. The van der Waals surface area contributed by atoms with E-state index in [1.807, 2.05) is 11.6 Å². The van der Waals surface area contributed by atoms with Gasteiger partial charge in [-0.3, -0.25) is 4.68 Å². The van der Waals surface area contributed by atoms with Crippen molar-refractivity contribution in [3.8, 4) is 0 Å². The van der Waals surface area contributed by atoms with Crippen LogP contribution in [0.5, 0.6) is 0 Å². The van der Waals surface area contributed by atoms with Gasteiger partial charge in [0, 0.05) is 18.3 Å². The van der Waals surface area contributed by atoms with Crippen LogP contribution in [0.3, 0.4) is 0 Å². The van der Waals surface area contributed by atoms with Gasteiger partial charge in [-0.15, -0.1) is 0 Å². The number of aryl methyl sites for hydroxylation is 2. The molecule has 92 valence electrons. The highest BCUT2D eigenvalue weighted by Crippen LogP contribution is 2.02. The van der Waals surface area contributed by atoms with E-state index < -0.39 is 0 Å². The highest BCUT2D eigenvalue weighted by atomic mass is 15.3. The van der Waals surface area contributed by atoms with Crippen LogP contribution in [-0.4, -0.2) is 21.9 Å². The van der Waals surface area contributed by atoms with Crippen LogP contribution in [0.1, 0.15) is 45.7 Å². The Hall–Kier alpha value is -0.830. The van der Waals surface area contributed by atoms with Crippen molar-refractivity contribution in [2.24, 2.45) is 0 Å². The van der Waals surface area contributed by atoms with Crippen molar-refractivity contribution in [3.05, 3.63) is 18.0 Å². The molecule has 1 heterocycles. The number of hydrogen-bond acceptors (Lipinski definition) is 2. The fraction of sp³-hybridized carbons (Fsp3) is 0.769. The van der Waals surface area contributed by atoms with E-state index in [0.29, 0.717) is 0 Å². The van der Waals surface area contributed by atoms with Gasteiger partial charge in [0.2, 0.25) is 0 Å². The molecule has 0 fully saturated rings. The Bertz CT molecular complexity index is 296. The smallest absolute Gasteiger partial charge is 0.0593 e. The van der Waals surface area contributed by atoms with E-state index in [9.17, 15) is 0 Å². The molecule has 0 spiro atoms. The summed E-state index contributed by atoms with van der Waals surface area (Å²) < 4.78 is 2.03. The molecule has 1 aromatic heterocycles. The molecule has 0 unspecified atom stereocenters. The number of aromatic nitrogens is 2. The Kier molecular flexibility index (Phi) is 5.00. The van der Waals surface area contributed by atoms with Gasteiger partial charge in [0.25, 0.3) is 0 Å². The summed E-state index contributed by atoms with van der Waals surface area (Å²) >= 11 is 0. The van der Waals surface area contributed by atoms with E-state index in [1.165, 1.54) is 19.3 Å². The summed E-state index contributed by atoms with van der Waals surface area (Å²) in [5.74, 6) is 0. The molecule has 0 radical (unpaired) electrons. The Labute approximate surface area is 99.2 Å². The first-order chi connectivity index (χ1) is 7.47. The summed E-state index contributed by atoms with van der Waals surface area (Å²) in [6.07, 6.45) is 5.79. The Morgan fingerprint density at radius 2 is 2.00 bits per heavy atom. The quantitative estimate of drug-likeness (QED) is 0.752. The molecule has 1 aromatic rings. The molecule has 1 rings (SSSR count). The lowest BCUT2D eigenvalue weighted by Gasteiger charge is -2.20. The second-order valence-electron chi connectivity index (χ2n) is 5.46. The third-order valence-corrected chi connectivity index (χ3v) is 2.49. The molecule has 0 saturated heterocycles. The molecular weight excluding hydrogens is 198 g/mol. The van der Waals surface area contributed by atoms with Crippen molar-refractivity contribution in [3.63, 3.8) is 0 Å². The lowest BCUT2D eigenvalue weighted by Crippen LogP contribution is -2.36. The maximum absolute atomic E-state index is 4.37. The summed E-state index contributed by atoms with van der Waals surface area (Å²) in [5.41, 5.74) is 1.36. The maximum atomic E-state index is 4.37. The number of unbranched alkanes of at least 4 members (excludes halogenated alkanes) is 2. The number of nitrogens with zero attached hydrogens (tertiary/aromatic N) is 2. The maximum Gasteiger partial charge on any atom is 0.0593 e. The minimum absolute atomic E-state index is 0.249. The Balaban J connectivity index is 2.00. The summed E-state index contributed by atoms with van der Waals surface area (Å²) in [6.45, 7) is 10.8. The van der Waals surface area contributed by atoms with Crippen LogP contribution in [0.15, 0.2) is 12.3 Å². The summed E-state index contributed by atoms with van der Waals surface area (Å²) in [7, 11) is 0. The predicted molar refractivity (Wildman–Crippen MR) is 68.6 cm³/mol. The largest absolute Gasteiger partial charge is 0.312 e. The zero-order valence-electron chi connectivity index (χ0n) is 11.1. The van der Waals surface area contributed by atoms with Crippen molar-refractivity contribution in [1.82, 2.24) is 15.1 Å². The fourth-order valence-corrected chi connectivity index (χ4v) is 1.63. The molecule has 0 saturated carbocycles. The molecule has 0 aliphatic rings. The first-order valence-electron chi connectivity index (χ1n) is 6.22. The van der Waals surface area contributed by atoms with Crippen molar-refractivity contribution in [2.45, 2.75) is 59.0 Å². The molecule has 0 aliphatic heterocycles. The van der Waals surface area contributed by atoms with E-state index in [0.717, 1.165) is 18.8 Å². The standard InChI is InChI=1S/C13H25N3/c1-12-8-11-16(15-12)10-7-5-6-9-14-13(2,3)4/h8,11,14H,5-7,9-10H2,1-4H3. The van der Waals surface area contributed by atoms with Crippen LogP contribution in [-0.2, 0) is 6.54 Å². The van der Waals surface area contributed by atoms with Crippen molar-refractivity contribution in [1.29, 1.82) is 0 Å². The molecule has 0 aromatic carbocycles. The zero-order chi connectivity index (χ0) is 12.0. The topological polar surface area (TPSA) is 29.9 Å². The first-order valence-corrected chi connectivity index (χ1v) is 6.22. The zero-order valence-corrected chi connectivity index (χ0v) is 11.1. The molecule has 3 nitrogen and oxygen atoms in total. The van der Waals surface area contributed by atoms with E-state index >= 15 is 0 Å². The number of rotatable bonds is 6. The number of hydrogen-bond donors (Lipinski definition) is 1. The van der Waals surface area contributed by atoms with Gasteiger partial charge in [-0.25, -0.2) is 0 Å². The Morgan fingerprint density at radius 1 is 1.25 bits per heavy atom. The van der Waals surface area contributed by atoms with E-state index in [1.54, 1.807) is 0 Å². The molecule has 3 heteroatoms. The molecule has 0 atom stereocenters. The highest BCUT2D eigenvalue weighted by Gasteiger charge is 2.06. The normalized spacial score (nSPS) is 12.0. The van der Waals surface area contributed by atoms with E-state index in [4.69, 9.17) is 0 Å². The lowest BCUT2D eigenvalue weighted by atomic mass is 10.1. The van der Waals surface area contributed by atoms with Gasteiger partial charge in [0.05, 0.1) is 5.69 Å². The molecule has 1 N–H and O–H groups in total. The average Bonchev–Trinajstić information content (AvgIpc) is 2.56. The third kappa shape index (κ3) is 5.91. The minimum atomic E-state index is 0.249. The Morgan fingerprint density at radius 3 is 2.56 bits per heavy atom. The molecule has 0 amide bonds. The van der Waals surface area contributed by atoms with Gasteiger partial charge >= 0.3 is 0 Å². The van der Waals surface area contributed by atoms with Crippen molar-refractivity contribution in [2.75, 3.05) is 6.54 Å². The molecule has 16 heavy (non-hydrogen) atoms. The van der Waals surface area contributed by atoms with Gasteiger partial charge < -0.3 is 5.32 Å². The minimum Gasteiger partial charge on any atom is -0.312 e. The van der Waals surface area contributed by atoms with Gasteiger partial charge in [0.15, 0.2) is 0 Å². The monoisotopic (exact) mass is 223 g/mol. The van der Waals surface area contributed by atoms with Gasteiger partial charge in [-0.1, -0.05) is 6.42 Å². The van der Waals surface area contributed by atoms with Gasteiger partial charge in [-0.2, -0.15) is 5.10 Å². The predicted octanol–water partition coefficient (Wildman–Crippen LogP) is 2.75. The van der Waals surface area contributed by atoms with Gasteiger partial charge in [-0.05, 0) is 53.1 Å². The fourth-order valence-electron chi connectivity index (χ4n) is 1.63. The van der Waals surface area contributed by atoms with Crippen LogP contribution >= 0.6 is 0 Å². The second-order valence-corrected chi connectivity index (χ2v) is 5.46. The van der Waals surface area contributed by atoms with Crippen LogP contribution in [0.4, 0.5) is 0 Å². The highest BCUT2D eigenvalue weighted by molar-refractivity contribution is 4.94. The van der Waals surface area contributed by atoms with Crippen molar-refractivity contribution < 1.29 is 0 Å². The number of nitrogens with one attached hydrogen (secondary N) is 1. The van der Waals surface area contributed by atoms with Crippen molar-refractivity contribution >= 4 is 0 Å². The van der Waals surface area contributed by atoms with E-state index in [2.05, 4.69) is 43.4 Å². The molecular formula is C13H25N3. The van der Waals surface area contributed by atoms with Crippen LogP contribution in [0.25, 0.3) is 0 Å². The first kappa shape index (κ1) is 13.2. The SMILES string of the molecule is Cc1ccn(CCCCCNC(C)(C)C)n1. The van der Waals surface area contributed by atoms with Crippen LogP contribution < -0.4 is 5.32 Å². The lowest BCUT2D eigenvalue weighted by molar-refractivity contribution is 0.413. The van der Waals surface area contributed by atoms with Crippen LogP contribution in [0, 0.1) is 6.92 Å². The second kappa shape index (κ2) is 6.04. The van der Waals surface area contributed by atoms with Gasteiger partial charge in [0.1, 0.15) is 0 Å². The summed E-state index contributed by atoms with van der Waals surface area (Å²) in [4.78, 5) is 0.